The van der Waals surface area contributed by atoms with Gasteiger partial charge in [-0.05, 0) is 62.3 Å². The van der Waals surface area contributed by atoms with Gasteiger partial charge >= 0.3 is 0 Å². The molecule has 0 unspecified atom stereocenters. The Labute approximate surface area is 150 Å². The van der Waals surface area contributed by atoms with Crippen molar-refractivity contribution in [3.8, 4) is 0 Å². The second-order valence-corrected chi connectivity index (χ2v) is 9.11. The van der Waals surface area contributed by atoms with E-state index in [0.29, 0.717) is 10.8 Å². The SMILES string of the molecule is Cc1ccc(C2=CN(S(=O)(=O)c3ccc(C)cc3)[C@@H]3CC[C@H]2C3)cc1. The minimum atomic E-state index is -3.51. The Morgan fingerprint density at radius 1 is 0.880 bits per heavy atom. The van der Waals surface area contributed by atoms with Crippen molar-refractivity contribution < 1.29 is 8.42 Å². The maximum absolute atomic E-state index is 13.2. The van der Waals surface area contributed by atoms with Crippen LogP contribution in [0.2, 0.25) is 0 Å². The quantitative estimate of drug-likeness (QED) is 0.814. The predicted octanol–water partition coefficient (Wildman–Crippen LogP) is 4.52. The van der Waals surface area contributed by atoms with E-state index in [0.717, 1.165) is 36.0 Å². The summed E-state index contributed by atoms with van der Waals surface area (Å²) in [5, 5.41) is 0. The number of fused-ring (bicyclic) bond motifs is 2. The van der Waals surface area contributed by atoms with Crippen LogP contribution in [0.4, 0.5) is 0 Å². The minimum Gasteiger partial charge on any atom is -0.270 e. The zero-order valence-corrected chi connectivity index (χ0v) is 15.5. The van der Waals surface area contributed by atoms with E-state index in [1.165, 1.54) is 5.56 Å². The maximum Gasteiger partial charge on any atom is 0.264 e. The largest absolute Gasteiger partial charge is 0.270 e. The van der Waals surface area contributed by atoms with Crippen molar-refractivity contribution in [2.24, 2.45) is 5.92 Å². The maximum atomic E-state index is 13.2. The molecular formula is C21H23NO2S. The summed E-state index contributed by atoms with van der Waals surface area (Å²) in [6, 6.07) is 15.6. The molecule has 25 heavy (non-hydrogen) atoms. The van der Waals surface area contributed by atoms with Gasteiger partial charge in [0.2, 0.25) is 0 Å². The molecular weight excluding hydrogens is 330 g/mol. The van der Waals surface area contributed by atoms with Crippen LogP contribution in [0.25, 0.3) is 5.57 Å². The molecule has 0 amide bonds. The first-order valence-corrected chi connectivity index (χ1v) is 10.3. The summed E-state index contributed by atoms with van der Waals surface area (Å²) in [4.78, 5) is 0.378. The molecule has 2 bridgehead atoms. The zero-order chi connectivity index (χ0) is 17.6. The third-order valence-electron chi connectivity index (χ3n) is 5.45. The fraction of sp³-hybridized carbons (Fsp3) is 0.333. The first-order chi connectivity index (χ1) is 11.9. The molecule has 4 rings (SSSR count). The van der Waals surface area contributed by atoms with E-state index in [4.69, 9.17) is 0 Å². The van der Waals surface area contributed by atoms with Crippen molar-refractivity contribution >= 4 is 15.6 Å². The number of hydrogen-bond acceptors (Lipinski definition) is 2. The van der Waals surface area contributed by atoms with Crippen molar-refractivity contribution in [1.29, 1.82) is 0 Å². The number of sulfonamides is 1. The summed E-state index contributed by atoms with van der Waals surface area (Å²) < 4.78 is 28.0. The highest BCUT2D eigenvalue weighted by Gasteiger charge is 2.40. The Kier molecular flexibility index (Phi) is 3.95. The van der Waals surface area contributed by atoms with Crippen LogP contribution in [-0.4, -0.2) is 18.8 Å². The minimum absolute atomic E-state index is 0.0884. The summed E-state index contributed by atoms with van der Waals surface area (Å²) in [7, 11) is -3.51. The highest BCUT2D eigenvalue weighted by Crippen LogP contribution is 2.45. The summed E-state index contributed by atoms with van der Waals surface area (Å²) in [5.74, 6) is 0.470. The van der Waals surface area contributed by atoms with Crippen LogP contribution >= 0.6 is 0 Å². The molecule has 2 atom stereocenters. The van der Waals surface area contributed by atoms with Gasteiger partial charge in [-0.3, -0.25) is 4.31 Å². The Balaban J connectivity index is 1.77. The van der Waals surface area contributed by atoms with Crippen molar-refractivity contribution in [2.45, 2.75) is 44.0 Å². The molecule has 130 valence electrons. The van der Waals surface area contributed by atoms with E-state index in [1.807, 2.05) is 25.3 Å². The lowest BCUT2D eigenvalue weighted by Gasteiger charge is -2.32. The molecule has 0 spiro atoms. The molecule has 4 heteroatoms. The third-order valence-corrected chi connectivity index (χ3v) is 7.28. The van der Waals surface area contributed by atoms with Gasteiger partial charge in [-0.25, -0.2) is 8.42 Å². The second-order valence-electron chi connectivity index (χ2n) is 7.26. The molecule has 3 nitrogen and oxygen atoms in total. The molecule has 1 aliphatic heterocycles. The molecule has 0 N–H and O–H groups in total. The van der Waals surface area contributed by atoms with Gasteiger partial charge in [0.15, 0.2) is 0 Å². The third kappa shape index (κ3) is 2.89. The Morgan fingerprint density at radius 3 is 2.12 bits per heavy atom. The normalized spacial score (nSPS) is 22.8. The molecule has 1 aliphatic carbocycles. The van der Waals surface area contributed by atoms with Gasteiger partial charge in [-0.2, -0.15) is 0 Å². The Bertz CT molecular complexity index is 911. The van der Waals surface area contributed by atoms with E-state index in [9.17, 15) is 8.42 Å². The van der Waals surface area contributed by atoms with Gasteiger partial charge in [0, 0.05) is 12.2 Å². The number of aryl methyl sites for hydroxylation is 2. The van der Waals surface area contributed by atoms with E-state index in [2.05, 4.69) is 31.2 Å². The van der Waals surface area contributed by atoms with Gasteiger partial charge in [-0.15, -0.1) is 0 Å². The van der Waals surface area contributed by atoms with Crippen LogP contribution in [0.1, 0.15) is 36.0 Å². The average Bonchev–Trinajstić information content (AvgIpc) is 2.99. The topological polar surface area (TPSA) is 37.4 Å². The van der Waals surface area contributed by atoms with Crippen molar-refractivity contribution in [2.75, 3.05) is 0 Å². The van der Waals surface area contributed by atoms with Gasteiger partial charge in [0.1, 0.15) is 0 Å². The molecule has 0 saturated heterocycles. The van der Waals surface area contributed by atoms with Crippen LogP contribution in [-0.2, 0) is 10.0 Å². The van der Waals surface area contributed by atoms with Crippen molar-refractivity contribution in [3.05, 3.63) is 71.4 Å². The molecule has 1 fully saturated rings. The number of allylic oxidation sites excluding steroid dienone is 1. The molecule has 1 heterocycles. The number of rotatable bonds is 3. The highest BCUT2D eigenvalue weighted by molar-refractivity contribution is 7.89. The van der Waals surface area contributed by atoms with Gasteiger partial charge in [-0.1, -0.05) is 47.5 Å². The van der Waals surface area contributed by atoms with E-state index in [-0.39, 0.29) is 6.04 Å². The van der Waals surface area contributed by atoms with E-state index >= 15 is 0 Å². The molecule has 0 aromatic heterocycles. The van der Waals surface area contributed by atoms with Gasteiger partial charge in [0.05, 0.1) is 4.90 Å². The molecule has 2 aromatic carbocycles. The standard InChI is InChI=1S/C21H23NO2S/c1-15-3-7-17(8-4-15)21-14-22(19-10-9-18(21)13-19)25(23,24)20-11-5-16(2)6-12-20/h3-8,11-12,14,18-19H,9-10,13H2,1-2H3/t18-,19+/m0/s1. The molecule has 2 aliphatic rings. The van der Waals surface area contributed by atoms with Crippen LogP contribution in [0.5, 0.6) is 0 Å². The average molecular weight is 353 g/mol. The number of benzene rings is 2. The lowest BCUT2D eigenvalue weighted by molar-refractivity contribution is 0.387. The second kappa shape index (κ2) is 6.03. The fourth-order valence-corrected chi connectivity index (χ4v) is 5.53. The van der Waals surface area contributed by atoms with E-state index < -0.39 is 10.0 Å². The van der Waals surface area contributed by atoms with Crippen molar-refractivity contribution in [1.82, 2.24) is 4.31 Å². The Hall–Kier alpha value is -2.07. The predicted molar refractivity (Wildman–Crippen MR) is 100 cm³/mol. The summed E-state index contributed by atoms with van der Waals surface area (Å²) >= 11 is 0. The first-order valence-electron chi connectivity index (χ1n) is 8.84. The smallest absolute Gasteiger partial charge is 0.264 e. The van der Waals surface area contributed by atoms with Crippen LogP contribution in [0, 0.1) is 19.8 Å². The number of hydrogen-bond donors (Lipinski definition) is 0. The zero-order valence-electron chi connectivity index (χ0n) is 14.6. The van der Waals surface area contributed by atoms with Crippen LogP contribution < -0.4 is 0 Å². The lowest BCUT2D eigenvalue weighted by atomic mass is 9.90. The first kappa shape index (κ1) is 16.4. The fourth-order valence-electron chi connectivity index (χ4n) is 3.97. The van der Waals surface area contributed by atoms with Crippen molar-refractivity contribution in [3.63, 3.8) is 0 Å². The van der Waals surface area contributed by atoms with Crippen LogP contribution in [0.15, 0.2) is 59.6 Å². The summed E-state index contributed by atoms with van der Waals surface area (Å²) in [6.45, 7) is 4.03. The van der Waals surface area contributed by atoms with Gasteiger partial charge in [0.25, 0.3) is 10.0 Å². The molecule has 1 saturated carbocycles. The Morgan fingerprint density at radius 2 is 1.48 bits per heavy atom. The molecule has 2 aromatic rings. The summed E-state index contributed by atoms with van der Waals surface area (Å²) in [6.07, 6.45) is 4.81. The lowest BCUT2D eigenvalue weighted by Crippen LogP contribution is -2.37. The molecule has 0 radical (unpaired) electrons. The highest BCUT2D eigenvalue weighted by atomic mass is 32.2. The van der Waals surface area contributed by atoms with Gasteiger partial charge < -0.3 is 0 Å². The van der Waals surface area contributed by atoms with Crippen LogP contribution in [0.3, 0.4) is 0 Å². The monoisotopic (exact) mass is 353 g/mol. The summed E-state index contributed by atoms with van der Waals surface area (Å²) in [5.41, 5.74) is 4.58. The van der Waals surface area contributed by atoms with E-state index in [1.54, 1.807) is 16.4 Å². The number of nitrogens with zero attached hydrogens (tertiary/aromatic N) is 1.